The quantitative estimate of drug-likeness (QED) is 0.462. The lowest BCUT2D eigenvalue weighted by molar-refractivity contribution is 0.583. The molecule has 0 saturated carbocycles. The molecule has 11 heavy (non-hydrogen) atoms. The topological polar surface area (TPSA) is 0 Å². The van der Waals surface area contributed by atoms with Gasteiger partial charge in [0.1, 0.15) is 0 Å². The first-order chi connectivity index (χ1) is 5.41. The first-order valence-electron chi connectivity index (χ1n) is 4.91. The van der Waals surface area contributed by atoms with Crippen LogP contribution >= 0.6 is 0 Å². The van der Waals surface area contributed by atoms with Crippen molar-refractivity contribution in [1.29, 1.82) is 0 Å². The summed E-state index contributed by atoms with van der Waals surface area (Å²) in [5.41, 5.74) is 0. The summed E-state index contributed by atoms with van der Waals surface area (Å²) in [5, 5.41) is 0. The predicted octanol–water partition coefficient (Wildman–Crippen LogP) is 4.04. The van der Waals surface area contributed by atoms with Crippen molar-refractivity contribution in [2.45, 2.75) is 57.8 Å². The molecule has 0 bridgehead atoms. The molecule has 0 N–H and O–H groups in total. The second-order valence-corrected chi connectivity index (χ2v) is 3.12. The second-order valence-electron chi connectivity index (χ2n) is 3.12. The Morgan fingerprint density at radius 1 is 0.727 bits per heavy atom. The van der Waals surface area contributed by atoms with Gasteiger partial charge in [-0.2, -0.15) is 0 Å². The Labute approximate surface area is 72.4 Å². The normalized spacial score (nSPS) is 10.4. The molecule has 0 amide bonds. The van der Waals surface area contributed by atoms with Crippen molar-refractivity contribution in [3.63, 3.8) is 0 Å². The average Bonchev–Trinajstić information content (AvgIpc) is 2.03. The van der Waals surface area contributed by atoms with E-state index in [0.29, 0.717) is 0 Å². The van der Waals surface area contributed by atoms with Gasteiger partial charge in [0.05, 0.1) is 0 Å². The van der Waals surface area contributed by atoms with E-state index in [1.807, 2.05) is 0 Å². The van der Waals surface area contributed by atoms with E-state index in [2.05, 4.69) is 6.92 Å². The smallest absolute Gasteiger partial charge is 0.0352 e. The van der Waals surface area contributed by atoms with E-state index in [9.17, 15) is 0 Å². The largest absolute Gasteiger partial charge is 0.0533 e. The van der Waals surface area contributed by atoms with Gasteiger partial charge in [-0.3, -0.25) is 0 Å². The molecular formula is C11H21. The molecule has 0 aromatic rings. The molecule has 0 nitrogen and oxygen atoms in total. The summed E-state index contributed by atoms with van der Waals surface area (Å²) < 4.78 is 0. The maximum Gasteiger partial charge on any atom is -0.0352 e. The van der Waals surface area contributed by atoms with E-state index >= 15 is 0 Å². The van der Waals surface area contributed by atoms with Crippen LogP contribution < -0.4 is 0 Å². The lowest BCUT2D eigenvalue weighted by atomic mass is 10.1. The van der Waals surface area contributed by atoms with E-state index in [4.69, 9.17) is 6.92 Å². The third-order valence-electron chi connectivity index (χ3n) is 1.95. The number of unbranched alkanes of at least 4 members (excludes halogenated alkanes) is 8. The van der Waals surface area contributed by atoms with Crippen LogP contribution in [0.2, 0.25) is 0 Å². The summed E-state index contributed by atoms with van der Waals surface area (Å²) in [6.45, 7) is 9.20. The molecule has 0 heteroatoms. The summed E-state index contributed by atoms with van der Waals surface area (Å²) in [6.07, 6.45) is 11.3. The predicted molar refractivity (Wildman–Crippen MR) is 51.2 cm³/mol. The van der Waals surface area contributed by atoms with E-state index in [1.165, 1.54) is 44.9 Å². The molecule has 0 aliphatic rings. The van der Waals surface area contributed by atoms with Gasteiger partial charge in [0, 0.05) is 0 Å². The summed E-state index contributed by atoms with van der Waals surface area (Å²) in [4.78, 5) is 0. The van der Waals surface area contributed by atoms with Crippen LogP contribution in [-0.4, -0.2) is 0 Å². The third kappa shape index (κ3) is 10.0. The molecule has 0 aliphatic heterocycles. The first kappa shape index (κ1) is 11.0. The molecule has 0 rings (SSSR count). The molecule has 0 unspecified atom stereocenters. The van der Waals surface area contributed by atoms with Crippen LogP contribution in [-0.2, 0) is 0 Å². The molecular weight excluding hydrogens is 132 g/mol. The van der Waals surface area contributed by atoms with Gasteiger partial charge in [-0.25, -0.2) is 0 Å². The summed E-state index contributed by atoms with van der Waals surface area (Å²) in [7, 11) is 0. The van der Waals surface area contributed by atoms with Crippen molar-refractivity contribution in [3.05, 3.63) is 13.8 Å². The number of rotatable bonds is 8. The Balaban J connectivity index is 2.69. The number of hydrogen-bond donors (Lipinski definition) is 0. The molecule has 0 aromatic heterocycles. The van der Waals surface area contributed by atoms with Crippen LogP contribution in [0.25, 0.3) is 0 Å². The Hall–Kier alpha value is 0. The third-order valence-corrected chi connectivity index (χ3v) is 1.95. The van der Waals surface area contributed by atoms with Crippen LogP contribution in [0.15, 0.2) is 0 Å². The van der Waals surface area contributed by atoms with Gasteiger partial charge in [0.25, 0.3) is 0 Å². The molecule has 0 spiro atoms. The van der Waals surface area contributed by atoms with E-state index < -0.39 is 0 Å². The molecule has 0 heterocycles. The fourth-order valence-electron chi connectivity index (χ4n) is 1.20. The minimum atomic E-state index is 0.860. The van der Waals surface area contributed by atoms with Gasteiger partial charge in [-0.05, 0) is 13.3 Å². The highest BCUT2D eigenvalue weighted by molar-refractivity contribution is 4.48. The summed E-state index contributed by atoms with van der Waals surface area (Å²) >= 11 is 0. The highest BCUT2D eigenvalue weighted by Gasteiger charge is 1.89. The van der Waals surface area contributed by atoms with Crippen molar-refractivity contribution in [2.24, 2.45) is 0 Å². The molecule has 3 radical (unpaired) electrons. The Bertz CT molecular complexity index is 49.1. The van der Waals surface area contributed by atoms with Gasteiger partial charge in [0.2, 0.25) is 0 Å². The molecule has 0 atom stereocenters. The van der Waals surface area contributed by atoms with E-state index in [-0.39, 0.29) is 0 Å². The Morgan fingerprint density at radius 2 is 1.18 bits per heavy atom. The van der Waals surface area contributed by atoms with Gasteiger partial charge in [0.15, 0.2) is 0 Å². The molecule has 65 valence electrons. The van der Waals surface area contributed by atoms with Gasteiger partial charge >= 0.3 is 0 Å². The zero-order valence-corrected chi connectivity index (χ0v) is 7.65. The van der Waals surface area contributed by atoms with Crippen LogP contribution in [0.3, 0.4) is 0 Å². The maximum absolute atomic E-state index is 5.38. The van der Waals surface area contributed by atoms with Gasteiger partial charge < -0.3 is 0 Å². The van der Waals surface area contributed by atoms with Gasteiger partial charge in [-0.15, -0.1) is 0 Å². The van der Waals surface area contributed by atoms with E-state index in [1.54, 1.807) is 0 Å². The van der Waals surface area contributed by atoms with Crippen molar-refractivity contribution in [2.75, 3.05) is 0 Å². The second kappa shape index (κ2) is 10.0. The maximum atomic E-state index is 5.38. The van der Waals surface area contributed by atoms with Gasteiger partial charge in [-0.1, -0.05) is 58.3 Å². The highest BCUT2D eigenvalue weighted by Crippen LogP contribution is 2.08. The fraction of sp³-hybridized carbons (Fsp3) is 0.818. The molecule has 0 fully saturated rings. The lowest BCUT2D eigenvalue weighted by Gasteiger charge is -1.98. The lowest BCUT2D eigenvalue weighted by Crippen LogP contribution is -1.79. The molecule has 0 saturated heterocycles. The minimum Gasteiger partial charge on any atom is -0.0533 e. The summed E-state index contributed by atoms with van der Waals surface area (Å²) in [5.74, 6) is 0. The monoisotopic (exact) mass is 153 g/mol. The van der Waals surface area contributed by atoms with Crippen LogP contribution in [0.5, 0.6) is 0 Å². The SMILES string of the molecule is [CH]CCCCCCCCC[CH2]. The number of hydrogen-bond acceptors (Lipinski definition) is 0. The van der Waals surface area contributed by atoms with Crippen molar-refractivity contribution < 1.29 is 0 Å². The average molecular weight is 153 g/mol. The van der Waals surface area contributed by atoms with Crippen molar-refractivity contribution >= 4 is 0 Å². The highest BCUT2D eigenvalue weighted by atomic mass is 13.9. The fourth-order valence-corrected chi connectivity index (χ4v) is 1.20. The van der Waals surface area contributed by atoms with E-state index in [0.717, 1.165) is 12.8 Å². The van der Waals surface area contributed by atoms with Crippen LogP contribution in [0.4, 0.5) is 0 Å². The zero-order valence-electron chi connectivity index (χ0n) is 7.65. The zero-order chi connectivity index (χ0) is 8.36. The van der Waals surface area contributed by atoms with Crippen molar-refractivity contribution in [1.82, 2.24) is 0 Å². The Kier molecular flexibility index (Phi) is 10.0. The molecule has 0 aromatic carbocycles. The summed E-state index contributed by atoms with van der Waals surface area (Å²) in [6, 6.07) is 0. The van der Waals surface area contributed by atoms with Crippen LogP contribution in [0, 0.1) is 13.8 Å². The Morgan fingerprint density at radius 3 is 1.64 bits per heavy atom. The first-order valence-corrected chi connectivity index (χ1v) is 4.91. The van der Waals surface area contributed by atoms with Crippen LogP contribution in [0.1, 0.15) is 57.8 Å². The standard InChI is InChI=1S/C11H21/c1-3-5-7-9-11-10-8-6-4-2/h1H,2-11H2. The minimum absolute atomic E-state index is 0.860. The van der Waals surface area contributed by atoms with Crippen molar-refractivity contribution in [3.8, 4) is 0 Å². The molecule has 0 aliphatic carbocycles.